The molecule has 0 saturated carbocycles. The van der Waals surface area contributed by atoms with Crippen molar-refractivity contribution in [1.29, 1.82) is 0 Å². The van der Waals surface area contributed by atoms with Crippen molar-refractivity contribution < 1.29 is 22.1 Å². The summed E-state index contributed by atoms with van der Waals surface area (Å²) < 4.78 is 41.2. The van der Waals surface area contributed by atoms with Gasteiger partial charge in [0, 0.05) is 18.7 Å². The summed E-state index contributed by atoms with van der Waals surface area (Å²) in [5, 5.41) is 7.12. The minimum atomic E-state index is -4.07. The van der Waals surface area contributed by atoms with E-state index in [1.54, 1.807) is 37.3 Å². The number of nitrogens with two attached hydrogens (primary N) is 2. The van der Waals surface area contributed by atoms with Crippen LogP contribution in [0.15, 0.2) is 57.6 Å². The topological polar surface area (TPSA) is 139 Å². The second-order valence-electron chi connectivity index (χ2n) is 5.63. The van der Waals surface area contributed by atoms with Gasteiger partial charge in [0.2, 0.25) is 5.96 Å². The molecule has 0 radical (unpaired) electrons. The molecule has 0 saturated heterocycles. The molecule has 0 amide bonds. The summed E-state index contributed by atoms with van der Waals surface area (Å²) in [4.78, 5) is -0.0579. The van der Waals surface area contributed by atoms with E-state index in [0.29, 0.717) is 18.8 Å². The Balaban J connectivity index is 2.10. The molecule has 2 aromatic carbocycles. The van der Waals surface area contributed by atoms with E-state index in [1.807, 2.05) is 0 Å². The van der Waals surface area contributed by atoms with Gasteiger partial charge in [-0.05, 0) is 36.8 Å². The van der Waals surface area contributed by atoms with Crippen LogP contribution in [0, 0.1) is 6.92 Å². The van der Waals surface area contributed by atoms with E-state index in [9.17, 15) is 8.42 Å². The van der Waals surface area contributed by atoms with Gasteiger partial charge in [-0.15, -0.1) is 5.10 Å². The predicted molar refractivity (Wildman–Crippen MR) is 106 cm³/mol. The molecule has 0 spiro atoms. The molecular weight excluding hydrogens is 384 g/mol. The number of nitrogens with zero attached hydrogens (tertiary/aromatic N) is 2. The maximum atomic E-state index is 12.6. The van der Waals surface area contributed by atoms with Crippen LogP contribution in [0.25, 0.3) is 0 Å². The monoisotopic (exact) mass is 406 g/mol. The van der Waals surface area contributed by atoms with E-state index in [0.717, 1.165) is 5.56 Å². The Kier molecular flexibility index (Phi) is 7.21. The quantitative estimate of drug-likeness (QED) is 0.213. The van der Waals surface area contributed by atoms with E-state index in [4.69, 9.17) is 25.1 Å². The average Bonchev–Trinajstić information content (AvgIpc) is 2.63. The van der Waals surface area contributed by atoms with Crippen molar-refractivity contribution in [1.82, 2.24) is 0 Å². The van der Waals surface area contributed by atoms with E-state index >= 15 is 0 Å². The highest BCUT2D eigenvalue weighted by atomic mass is 32.2. The Hall–Kier alpha value is -3.27. The van der Waals surface area contributed by atoms with Crippen LogP contribution >= 0.6 is 0 Å². The molecule has 0 aromatic heterocycles. The van der Waals surface area contributed by atoms with Crippen molar-refractivity contribution in [2.24, 2.45) is 21.7 Å². The fourth-order valence-electron chi connectivity index (χ4n) is 2.24. The van der Waals surface area contributed by atoms with Gasteiger partial charge in [0.15, 0.2) is 0 Å². The molecule has 0 aliphatic heterocycles. The number of hydrogen-bond acceptors (Lipinski definition) is 7. The molecule has 0 unspecified atom stereocenters. The number of guanidine groups is 1. The van der Waals surface area contributed by atoms with Gasteiger partial charge >= 0.3 is 10.1 Å². The second kappa shape index (κ2) is 9.60. The van der Waals surface area contributed by atoms with Crippen LogP contribution in [-0.4, -0.2) is 34.3 Å². The summed E-state index contributed by atoms with van der Waals surface area (Å²) in [6.07, 6.45) is 1.96. The highest BCUT2D eigenvalue weighted by Crippen LogP contribution is 2.29. The van der Waals surface area contributed by atoms with Crippen molar-refractivity contribution in [2.75, 3.05) is 13.7 Å². The van der Waals surface area contributed by atoms with Crippen LogP contribution in [0.2, 0.25) is 0 Å². The maximum absolute atomic E-state index is 12.6. The summed E-state index contributed by atoms with van der Waals surface area (Å²) >= 11 is 0. The van der Waals surface area contributed by atoms with Crippen molar-refractivity contribution in [3.05, 3.63) is 48.0 Å². The fraction of sp³-hybridized carbons (Fsp3) is 0.222. The van der Waals surface area contributed by atoms with E-state index in [-0.39, 0.29) is 22.4 Å². The lowest BCUT2D eigenvalue weighted by Crippen LogP contribution is -2.21. The number of rotatable bonds is 9. The number of benzene rings is 2. The van der Waals surface area contributed by atoms with Crippen LogP contribution < -0.4 is 25.1 Å². The number of ether oxygens (including phenoxy) is 2. The van der Waals surface area contributed by atoms with Gasteiger partial charge in [-0.3, -0.25) is 0 Å². The maximum Gasteiger partial charge on any atom is 0.342 e. The highest BCUT2D eigenvalue weighted by molar-refractivity contribution is 7.87. The normalized spacial score (nSPS) is 11.2. The molecule has 2 rings (SSSR count). The smallest absolute Gasteiger partial charge is 0.342 e. The van der Waals surface area contributed by atoms with Gasteiger partial charge in [0.05, 0.1) is 13.7 Å². The van der Waals surface area contributed by atoms with Crippen molar-refractivity contribution in [3.63, 3.8) is 0 Å². The third-order valence-corrected chi connectivity index (χ3v) is 4.63. The van der Waals surface area contributed by atoms with Crippen LogP contribution in [0.3, 0.4) is 0 Å². The number of hydrogen-bond donors (Lipinski definition) is 2. The molecular formula is C18H22N4O5S. The third-order valence-electron chi connectivity index (χ3n) is 3.34. The summed E-state index contributed by atoms with van der Waals surface area (Å²) in [7, 11) is -2.68. The zero-order chi connectivity index (χ0) is 20.6. The van der Waals surface area contributed by atoms with Gasteiger partial charge < -0.3 is 25.1 Å². The van der Waals surface area contributed by atoms with Gasteiger partial charge in [-0.1, -0.05) is 12.1 Å². The second-order valence-corrected chi connectivity index (χ2v) is 7.14. The van der Waals surface area contributed by atoms with E-state index in [1.165, 1.54) is 25.5 Å². The molecule has 150 valence electrons. The SMILES string of the molecule is COc1ccccc1S(=O)(=O)Oc1cc(C)cc(OCC/C=N/N=C(N)N)c1. The zero-order valence-electron chi connectivity index (χ0n) is 15.5. The highest BCUT2D eigenvalue weighted by Gasteiger charge is 2.21. The molecule has 0 aliphatic carbocycles. The van der Waals surface area contributed by atoms with E-state index in [2.05, 4.69) is 10.2 Å². The van der Waals surface area contributed by atoms with Crippen LogP contribution in [0.1, 0.15) is 12.0 Å². The molecule has 0 bridgehead atoms. The first-order valence-electron chi connectivity index (χ1n) is 8.24. The molecule has 2 aromatic rings. The Morgan fingerprint density at radius 1 is 1.14 bits per heavy atom. The van der Waals surface area contributed by atoms with Crippen molar-refractivity contribution in [3.8, 4) is 17.2 Å². The Morgan fingerprint density at radius 2 is 1.86 bits per heavy atom. The van der Waals surface area contributed by atoms with Gasteiger partial charge in [-0.25, -0.2) is 0 Å². The summed E-state index contributed by atoms with van der Waals surface area (Å²) in [6.45, 7) is 2.10. The lowest BCUT2D eigenvalue weighted by atomic mass is 10.2. The number of aryl methyl sites for hydroxylation is 1. The van der Waals surface area contributed by atoms with Crippen LogP contribution in [0.4, 0.5) is 0 Å². The first-order chi connectivity index (χ1) is 13.3. The first-order valence-corrected chi connectivity index (χ1v) is 9.65. The molecule has 4 N–H and O–H groups in total. The van der Waals surface area contributed by atoms with Crippen molar-refractivity contribution in [2.45, 2.75) is 18.2 Å². The predicted octanol–water partition coefficient (Wildman–Crippen LogP) is 1.80. The van der Waals surface area contributed by atoms with Gasteiger partial charge in [0.1, 0.15) is 22.1 Å². The lowest BCUT2D eigenvalue weighted by Gasteiger charge is -2.12. The van der Waals surface area contributed by atoms with Gasteiger partial charge in [-0.2, -0.15) is 13.5 Å². The average molecular weight is 406 g/mol. The minimum Gasteiger partial charge on any atom is -0.495 e. The first kappa shape index (κ1) is 21.0. The Morgan fingerprint density at radius 3 is 2.57 bits per heavy atom. The summed E-state index contributed by atoms with van der Waals surface area (Å²) in [6, 6.07) is 11.1. The largest absolute Gasteiger partial charge is 0.495 e. The number of methoxy groups -OCH3 is 1. The molecule has 0 fully saturated rings. The molecule has 28 heavy (non-hydrogen) atoms. The Bertz CT molecular complexity index is 970. The lowest BCUT2D eigenvalue weighted by molar-refractivity contribution is 0.329. The fourth-order valence-corrected chi connectivity index (χ4v) is 3.32. The Labute approximate surface area is 163 Å². The number of para-hydroxylation sites is 1. The van der Waals surface area contributed by atoms with Gasteiger partial charge in [0.25, 0.3) is 0 Å². The van der Waals surface area contributed by atoms with Crippen LogP contribution in [-0.2, 0) is 10.1 Å². The molecule has 0 aliphatic rings. The third kappa shape index (κ3) is 6.16. The standard InChI is InChI=1S/C18H22N4O5S/c1-13-10-14(26-9-5-8-21-22-18(19)20)12-15(11-13)27-28(23,24)17-7-4-3-6-16(17)25-2/h3-4,6-8,10-12H,5,9H2,1-2H3,(H4,19,20,22)/b21-8+. The zero-order valence-corrected chi connectivity index (χ0v) is 16.3. The molecule has 0 heterocycles. The molecule has 9 nitrogen and oxygen atoms in total. The van der Waals surface area contributed by atoms with Crippen LogP contribution in [0.5, 0.6) is 17.2 Å². The van der Waals surface area contributed by atoms with Crippen molar-refractivity contribution >= 4 is 22.3 Å². The summed E-state index contributed by atoms with van der Waals surface area (Å²) in [5.74, 6) is 0.663. The minimum absolute atomic E-state index is 0.0579. The molecule has 0 atom stereocenters. The molecule has 10 heteroatoms. The van der Waals surface area contributed by atoms with E-state index < -0.39 is 10.1 Å². The summed E-state index contributed by atoms with van der Waals surface area (Å²) in [5.41, 5.74) is 11.1.